The number of nitrogens with zero attached hydrogens (tertiary/aromatic N) is 1. The van der Waals surface area contributed by atoms with Crippen molar-refractivity contribution in [2.45, 2.75) is 12.6 Å². The quantitative estimate of drug-likeness (QED) is 0.817. The maximum atomic E-state index is 12.4. The largest absolute Gasteiger partial charge is 0.497 e. The van der Waals surface area contributed by atoms with Crippen LogP contribution in [0.15, 0.2) is 48.5 Å². The first-order chi connectivity index (χ1) is 12.7. The summed E-state index contributed by atoms with van der Waals surface area (Å²) in [5.74, 6) is 0.822. The van der Waals surface area contributed by atoms with Gasteiger partial charge in [0.1, 0.15) is 5.75 Å². The van der Waals surface area contributed by atoms with Gasteiger partial charge in [0, 0.05) is 37.2 Å². The Morgan fingerprint density at radius 1 is 1.27 bits per heavy atom. The van der Waals surface area contributed by atoms with Gasteiger partial charge in [0.25, 0.3) is 0 Å². The number of rotatable bonds is 6. The minimum Gasteiger partial charge on any atom is -0.497 e. The van der Waals surface area contributed by atoms with Crippen LogP contribution < -0.4 is 15.4 Å². The highest BCUT2D eigenvalue weighted by molar-refractivity contribution is 6.31. The smallest absolute Gasteiger partial charge is 0.234 e. The fourth-order valence-electron chi connectivity index (χ4n) is 3.17. The molecule has 2 aromatic carbocycles. The summed E-state index contributed by atoms with van der Waals surface area (Å²) in [6.45, 7) is 3.33. The normalized spacial score (nSPS) is 17.7. The summed E-state index contributed by atoms with van der Waals surface area (Å²) in [5, 5.41) is 7.12. The number of benzene rings is 2. The molecule has 2 aromatic rings. The van der Waals surface area contributed by atoms with Crippen molar-refractivity contribution in [3.05, 3.63) is 64.7 Å². The fourth-order valence-corrected chi connectivity index (χ4v) is 3.43. The molecule has 0 radical (unpaired) electrons. The van der Waals surface area contributed by atoms with Gasteiger partial charge in [-0.15, -0.1) is 0 Å². The molecule has 0 aromatic heterocycles. The molecule has 1 aliphatic rings. The van der Waals surface area contributed by atoms with Gasteiger partial charge in [-0.05, 0) is 29.3 Å². The first-order valence-corrected chi connectivity index (χ1v) is 9.14. The van der Waals surface area contributed by atoms with Crippen LogP contribution in [-0.4, -0.2) is 44.1 Å². The summed E-state index contributed by atoms with van der Waals surface area (Å²) in [4.78, 5) is 14.6. The Kier molecular flexibility index (Phi) is 6.50. The highest BCUT2D eigenvalue weighted by atomic mass is 35.5. The first kappa shape index (κ1) is 18.7. The number of nitrogens with one attached hydrogen (secondary N) is 2. The molecule has 1 heterocycles. The first-order valence-electron chi connectivity index (χ1n) is 8.76. The van der Waals surface area contributed by atoms with E-state index in [1.165, 1.54) is 0 Å². The number of piperazine rings is 1. The van der Waals surface area contributed by atoms with Crippen molar-refractivity contribution in [3.8, 4) is 5.75 Å². The molecule has 1 aliphatic heterocycles. The molecule has 1 unspecified atom stereocenters. The molecule has 1 atom stereocenters. The molecule has 1 amide bonds. The standard InChI is InChI=1S/C20H24ClN3O2/c1-26-16-8-6-15(7-9-16)12-23-20(25)14-24-11-10-22-13-19(24)17-4-2-3-5-18(17)21/h2-9,19,22H,10-14H2,1H3,(H,23,25). The highest BCUT2D eigenvalue weighted by Crippen LogP contribution is 2.28. The number of methoxy groups -OCH3 is 1. The second kappa shape index (κ2) is 9.03. The average Bonchev–Trinajstić information content (AvgIpc) is 2.68. The molecule has 26 heavy (non-hydrogen) atoms. The molecule has 2 N–H and O–H groups in total. The average molecular weight is 374 g/mol. The van der Waals surface area contributed by atoms with Crippen LogP contribution >= 0.6 is 11.6 Å². The lowest BCUT2D eigenvalue weighted by Crippen LogP contribution is -2.49. The molecule has 0 saturated carbocycles. The number of ether oxygens (including phenoxy) is 1. The van der Waals surface area contributed by atoms with E-state index in [-0.39, 0.29) is 11.9 Å². The van der Waals surface area contributed by atoms with Gasteiger partial charge in [0.15, 0.2) is 0 Å². The van der Waals surface area contributed by atoms with Crippen LogP contribution in [0.4, 0.5) is 0 Å². The number of halogens is 1. The third-order valence-corrected chi connectivity index (χ3v) is 4.96. The highest BCUT2D eigenvalue weighted by Gasteiger charge is 2.26. The summed E-state index contributed by atoms with van der Waals surface area (Å²) in [7, 11) is 1.64. The van der Waals surface area contributed by atoms with Crippen molar-refractivity contribution in [1.29, 1.82) is 0 Å². The Hall–Kier alpha value is -2.08. The molecule has 0 bridgehead atoms. The number of hydrogen-bond acceptors (Lipinski definition) is 4. The lowest BCUT2D eigenvalue weighted by atomic mass is 10.0. The number of carbonyl (C=O) groups excluding carboxylic acids is 1. The van der Waals surface area contributed by atoms with E-state index in [4.69, 9.17) is 16.3 Å². The van der Waals surface area contributed by atoms with E-state index < -0.39 is 0 Å². The molecule has 1 fully saturated rings. The second-order valence-electron chi connectivity index (χ2n) is 6.34. The zero-order valence-electron chi connectivity index (χ0n) is 14.9. The molecule has 0 aliphatic carbocycles. The predicted molar refractivity (Wildman–Crippen MR) is 103 cm³/mol. The maximum Gasteiger partial charge on any atom is 0.234 e. The summed E-state index contributed by atoms with van der Waals surface area (Å²) in [5.41, 5.74) is 2.10. The lowest BCUT2D eigenvalue weighted by Gasteiger charge is -2.36. The molecular weight excluding hydrogens is 350 g/mol. The van der Waals surface area contributed by atoms with Gasteiger partial charge in [-0.2, -0.15) is 0 Å². The fraction of sp³-hybridized carbons (Fsp3) is 0.350. The molecular formula is C20H24ClN3O2. The summed E-state index contributed by atoms with van der Waals surface area (Å²) >= 11 is 6.36. The molecule has 3 rings (SSSR count). The molecule has 0 spiro atoms. The van der Waals surface area contributed by atoms with E-state index in [0.29, 0.717) is 13.1 Å². The monoisotopic (exact) mass is 373 g/mol. The topological polar surface area (TPSA) is 53.6 Å². The van der Waals surface area contributed by atoms with Crippen molar-refractivity contribution in [2.75, 3.05) is 33.3 Å². The van der Waals surface area contributed by atoms with Gasteiger partial charge < -0.3 is 15.4 Å². The number of carbonyl (C=O) groups is 1. The van der Waals surface area contributed by atoms with Gasteiger partial charge in [-0.3, -0.25) is 9.69 Å². The minimum atomic E-state index is 0.0137. The predicted octanol–water partition coefficient (Wildman–Crippen LogP) is 2.61. The van der Waals surface area contributed by atoms with Gasteiger partial charge in [-0.1, -0.05) is 41.9 Å². The molecule has 1 saturated heterocycles. The number of hydrogen-bond donors (Lipinski definition) is 2. The summed E-state index contributed by atoms with van der Waals surface area (Å²) < 4.78 is 5.15. The van der Waals surface area contributed by atoms with Crippen molar-refractivity contribution in [3.63, 3.8) is 0 Å². The van der Waals surface area contributed by atoms with Gasteiger partial charge in [0.05, 0.1) is 13.7 Å². The van der Waals surface area contributed by atoms with E-state index >= 15 is 0 Å². The molecule has 5 nitrogen and oxygen atoms in total. The van der Waals surface area contributed by atoms with Gasteiger partial charge in [0.2, 0.25) is 5.91 Å². The Bertz CT molecular complexity index is 736. The van der Waals surface area contributed by atoms with Crippen molar-refractivity contribution >= 4 is 17.5 Å². The van der Waals surface area contributed by atoms with Crippen LogP contribution in [0.1, 0.15) is 17.2 Å². The van der Waals surface area contributed by atoms with E-state index in [1.807, 2.05) is 48.5 Å². The van der Waals surface area contributed by atoms with E-state index in [0.717, 1.165) is 41.5 Å². The molecule has 138 valence electrons. The minimum absolute atomic E-state index is 0.0137. The summed E-state index contributed by atoms with van der Waals surface area (Å²) in [6, 6.07) is 15.6. The van der Waals surface area contributed by atoms with E-state index in [2.05, 4.69) is 15.5 Å². The lowest BCUT2D eigenvalue weighted by molar-refractivity contribution is -0.123. The third-order valence-electron chi connectivity index (χ3n) is 4.61. The maximum absolute atomic E-state index is 12.4. The molecule has 6 heteroatoms. The Morgan fingerprint density at radius 2 is 2.04 bits per heavy atom. The van der Waals surface area contributed by atoms with Crippen LogP contribution in [0.25, 0.3) is 0 Å². The Balaban J connectivity index is 1.58. The Morgan fingerprint density at radius 3 is 2.77 bits per heavy atom. The summed E-state index contributed by atoms with van der Waals surface area (Å²) in [6.07, 6.45) is 0. The third kappa shape index (κ3) is 4.75. The second-order valence-corrected chi connectivity index (χ2v) is 6.74. The van der Waals surface area contributed by atoms with Crippen LogP contribution in [-0.2, 0) is 11.3 Å². The Labute approximate surface area is 159 Å². The zero-order valence-corrected chi connectivity index (χ0v) is 15.6. The zero-order chi connectivity index (χ0) is 18.4. The van der Waals surface area contributed by atoms with Gasteiger partial charge >= 0.3 is 0 Å². The SMILES string of the molecule is COc1ccc(CNC(=O)CN2CCNCC2c2ccccc2Cl)cc1. The van der Waals surface area contributed by atoms with Crippen molar-refractivity contribution in [1.82, 2.24) is 15.5 Å². The van der Waals surface area contributed by atoms with Gasteiger partial charge in [-0.25, -0.2) is 0 Å². The van der Waals surface area contributed by atoms with Crippen molar-refractivity contribution in [2.24, 2.45) is 0 Å². The van der Waals surface area contributed by atoms with Crippen LogP contribution in [0.5, 0.6) is 5.75 Å². The van der Waals surface area contributed by atoms with Crippen LogP contribution in [0, 0.1) is 0 Å². The van der Waals surface area contributed by atoms with Crippen LogP contribution in [0.3, 0.4) is 0 Å². The number of amides is 1. The van der Waals surface area contributed by atoms with Crippen molar-refractivity contribution < 1.29 is 9.53 Å². The van der Waals surface area contributed by atoms with Crippen LogP contribution in [0.2, 0.25) is 5.02 Å². The van der Waals surface area contributed by atoms with E-state index in [9.17, 15) is 4.79 Å². The van der Waals surface area contributed by atoms with E-state index in [1.54, 1.807) is 7.11 Å².